The average Bonchev–Trinajstić information content (AvgIpc) is 3.24. The third-order valence-electron chi connectivity index (χ3n) is 5.19. The minimum absolute atomic E-state index is 0.125. The summed E-state index contributed by atoms with van der Waals surface area (Å²) in [7, 11) is -3.40. The molecule has 0 spiro atoms. The molecule has 0 aliphatic rings. The molecular formula is C26H22FN3O3S. The normalized spacial score (nSPS) is 11.6. The van der Waals surface area contributed by atoms with E-state index in [0.29, 0.717) is 22.5 Å². The van der Waals surface area contributed by atoms with Crippen LogP contribution in [0, 0.1) is 12.7 Å². The van der Waals surface area contributed by atoms with Gasteiger partial charge in [0.25, 0.3) is 0 Å². The lowest BCUT2D eigenvalue weighted by atomic mass is 10.1. The predicted octanol–water partition coefficient (Wildman–Crippen LogP) is 5.04. The van der Waals surface area contributed by atoms with E-state index in [9.17, 15) is 17.6 Å². The van der Waals surface area contributed by atoms with Gasteiger partial charge in [-0.05, 0) is 67.1 Å². The number of rotatable bonds is 6. The van der Waals surface area contributed by atoms with Gasteiger partial charge in [-0.3, -0.25) is 4.79 Å². The van der Waals surface area contributed by atoms with Gasteiger partial charge in [0.2, 0.25) is 5.91 Å². The quantitative estimate of drug-likeness (QED) is 0.396. The molecule has 34 heavy (non-hydrogen) atoms. The molecule has 0 aliphatic heterocycles. The molecule has 0 bridgehead atoms. The van der Waals surface area contributed by atoms with Crippen LogP contribution >= 0.6 is 0 Å². The van der Waals surface area contributed by atoms with Gasteiger partial charge < -0.3 is 5.32 Å². The maximum absolute atomic E-state index is 13.4. The van der Waals surface area contributed by atoms with Crippen molar-refractivity contribution >= 4 is 27.5 Å². The summed E-state index contributed by atoms with van der Waals surface area (Å²) in [5, 5.41) is 7.37. The van der Waals surface area contributed by atoms with Crippen LogP contribution in [0.5, 0.6) is 0 Å². The molecule has 4 aromatic rings. The van der Waals surface area contributed by atoms with E-state index in [1.165, 1.54) is 30.3 Å². The van der Waals surface area contributed by atoms with Crippen LogP contribution in [0.3, 0.4) is 0 Å². The lowest BCUT2D eigenvalue weighted by molar-refractivity contribution is -0.111. The van der Waals surface area contributed by atoms with Gasteiger partial charge in [0.1, 0.15) is 5.82 Å². The summed E-state index contributed by atoms with van der Waals surface area (Å²) in [5.41, 5.74) is 3.93. The second kappa shape index (κ2) is 9.44. The standard InChI is InChI=1S/C26H22FN3O3S/c1-18-8-14-23(34(2,32)33)16-24(18)28-25(31)15-11-20-17-30(22-6-4-3-5-7-22)29-26(20)19-9-12-21(27)13-10-19/h3-17H,1-2H3,(H,28,31)/b15-11+. The molecule has 0 atom stereocenters. The number of para-hydroxylation sites is 1. The Bertz CT molecular complexity index is 1480. The van der Waals surface area contributed by atoms with Gasteiger partial charge in [0, 0.05) is 35.3 Å². The number of anilines is 1. The predicted molar refractivity (Wildman–Crippen MR) is 131 cm³/mol. The van der Waals surface area contributed by atoms with Crippen molar-refractivity contribution in [2.75, 3.05) is 11.6 Å². The summed E-state index contributed by atoms with van der Waals surface area (Å²) in [4.78, 5) is 12.8. The number of aryl methyl sites for hydroxylation is 1. The smallest absolute Gasteiger partial charge is 0.248 e. The van der Waals surface area contributed by atoms with Crippen molar-refractivity contribution < 1.29 is 17.6 Å². The fraction of sp³-hybridized carbons (Fsp3) is 0.0769. The number of nitrogens with one attached hydrogen (secondary N) is 1. The van der Waals surface area contributed by atoms with E-state index in [2.05, 4.69) is 10.4 Å². The number of aromatic nitrogens is 2. The van der Waals surface area contributed by atoms with Gasteiger partial charge in [-0.2, -0.15) is 5.10 Å². The van der Waals surface area contributed by atoms with E-state index in [-0.39, 0.29) is 10.7 Å². The van der Waals surface area contributed by atoms with E-state index >= 15 is 0 Å². The first-order valence-corrected chi connectivity index (χ1v) is 12.3. The fourth-order valence-corrected chi connectivity index (χ4v) is 4.01. The highest BCUT2D eigenvalue weighted by molar-refractivity contribution is 7.90. The number of benzene rings is 3. The van der Waals surface area contributed by atoms with Crippen molar-refractivity contribution in [1.29, 1.82) is 0 Å². The first kappa shape index (κ1) is 23.1. The van der Waals surface area contributed by atoms with Gasteiger partial charge in [-0.25, -0.2) is 17.5 Å². The molecule has 0 saturated heterocycles. The maximum Gasteiger partial charge on any atom is 0.248 e. The third kappa shape index (κ3) is 5.29. The first-order valence-electron chi connectivity index (χ1n) is 10.4. The van der Waals surface area contributed by atoms with E-state index in [1.54, 1.807) is 42.1 Å². The van der Waals surface area contributed by atoms with Crippen LogP contribution in [-0.4, -0.2) is 30.4 Å². The van der Waals surface area contributed by atoms with Crippen molar-refractivity contribution in [1.82, 2.24) is 9.78 Å². The molecule has 0 radical (unpaired) electrons. The second-order valence-corrected chi connectivity index (χ2v) is 9.81. The van der Waals surface area contributed by atoms with Gasteiger partial charge in [-0.1, -0.05) is 24.3 Å². The van der Waals surface area contributed by atoms with Crippen LogP contribution < -0.4 is 5.32 Å². The number of carbonyl (C=O) groups is 1. The number of amides is 1. The zero-order valence-corrected chi connectivity index (χ0v) is 19.4. The van der Waals surface area contributed by atoms with Crippen LogP contribution in [0.25, 0.3) is 23.0 Å². The van der Waals surface area contributed by atoms with Gasteiger partial charge in [-0.15, -0.1) is 0 Å². The molecule has 4 rings (SSSR count). The Labute approximate surface area is 197 Å². The van der Waals surface area contributed by atoms with Crippen molar-refractivity contribution in [2.24, 2.45) is 0 Å². The topological polar surface area (TPSA) is 81.1 Å². The number of nitrogens with zero attached hydrogens (tertiary/aromatic N) is 2. The molecule has 8 heteroatoms. The van der Waals surface area contributed by atoms with E-state index < -0.39 is 15.7 Å². The molecule has 172 valence electrons. The third-order valence-corrected chi connectivity index (χ3v) is 6.30. The zero-order chi connectivity index (χ0) is 24.3. The molecule has 1 heterocycles. The van der Waals surface area contributed by atoms with Crippen molar-refractivity contribution in [3.8, 4) is 16.9 Å². The molecule has 1 N–H and O–H groups in total. The molecule has 3 aromatic carbocycles. The highest BCUT2D eigenvalue weighted by Gasteiger charge is 2.13. The number of carbonyl (C=O) groups excluding carboxylic acids is 1. The van der Waals surface area contributed by atoms with Crippen molar-refractivity contribution in [2.45, 2.75) is 11.8 Å². The average molecular weight is 476 g/mol. The molecule has 1 amide bonds. The Morgan fingerprint density at radius 1 is 1.03 bits per heavy atom. The number of halogens is 1. The Morgan fingerprint density at radius 3 is 2.41 bits per heavy atom. The zero-order valence-electron chi connectivity index (χ0n) is 18.6. The highest BCUT2D eigenvalue weighted by Crippen LogP contribution is 2.26. The molecule has 1 aromatic heterocycles. The Hall–Kier alpha value is -4.04. The van der Waals surface area contributed by atoms with Crippen LogP contribution in [0.4, 0.5) is 10.1 Å². The van der Waals surface area contributed by atoms with Gasteiger partial charge in [0.15, 0.2) is 9.84 Å². The van der Waals surface area contributed by atoms with Crippen LogP contribution in [0.15, 0.2) is 90.0 Å². The lowest BCUT2D eigenvalue weighted by Gasteiger charge is -2.08. The van der Waals surface area contributed by atoms with Crippen LogP contribution in [0.2, 0.25) is 0 Å². The van der Waals surface area contributed by atoms with Crippen LogP contribution in [-0.2, 0) is 14.6 Å². The lowest BCUT2D eigenvalue weighted by Crippen LogP contribution is -2.10. The fourth-order valence-electron chi connectivity index (χ4n) is 3.36. The minimum atomic E-state index is -3.40. The largest absolute Gasteiger partial charge is 0.322 e. The Kier molecular flexibility index (Phi) is 6.43. The first-order chi connectivity index (χ1) is 16.2. The summed E-state index contributed by atoms with van der Waals surface area (Å²) < 4.78 is 38.8. The molecule has 0 saturated carbocycles. The number of hydrogen-bond acceptors (Lipinski definition) is 4. The summed E-state index contributed by atoms with van der Waals surface area (Å²) in [5.74, 6) is -0.777. The summed E-state index contributed by atoms with van der Waals surface area (Å²) in [6.07, 6.45) is 5.88. The molecule has 0 unspecified atom stereocenters. The molecule has 0 aliphatic carbocycles. The highest BCUT2D eigenvalue weighted by atomic mass is 32.2. The summed E-state index contributed by atoms with van der Waals surface area (Å²) in [6.45, 7) is 1.78. The molecule has 0 fully saturated rings. The Morgan fingerprint density at radius 2 is 1.74 bits per heavy atom. The van der Waals surface area contributed by atoms with Crippen molar-refractivity contribution in [3.05, 3.63) is 102 Å². The molecular weight excluding hydrogens is 453 g/mol. The SMILES string of the molecule is Cc1ccc(S(C)(=O)=O)cc1NC(=O)/C=C/c1cn(-c2ccccc2)nc1-c1ccc(F)cc1. The van der Waals surface area contributed by atoms with Crippen molar-refractivity contribution in [3.63, 3.8) is 0 Å². The van der Waals surface area contributed by atoms with E-state index in [4.69, 9.17) is 0 Å². The van der Waals surface area contributed by atoms with E-state index in [0.717, 1.165) is 17.5 Å². The number of hydrogen-bond donors (Lipinski definition) is 1. The van der Waals surface area contributed by atoms with Gasteiger partial charge in [0.05, 0.1) is 16.3 Å². The van der Waals surface area contributed by atoms with Crippen LogP contribution in [0.1, 0.15) is 11.1 Å². The molecule has 6 nitrogen and oxygen atoms in total. The minimum Gasteiger partial charge on any atom is -0.322 e. The second-order valence-electron chi connectivity index (χ2n) is 7.79. The number of sulfone groups is 1. The maximum atomic E-state index is 13.4. The monoisotopic (exact) mass is 475 g/mol. The Balaban J connectivity index is 1.65. The summed E-state index contributed by atoms with van der Waals surface area (Å²) in [6, 6.07) is 20.1. The van der Waals surface area contributed by atoms with Gasteiger partial charge >= 0.3 is 0 Å². The van der Waals surface area contributed by atoms with E-state index in [1.807, 2.05) is 30.3 Å². The summed E-state index contributed by atoms with van der Waals surface area (Å²) >= 11 is 0.